The fourth-order valence-electron chi connectivity index (χ4n) is 3.27. The molecule has 0 spiro atoms. The molecule has 0 aliphatic carbocycles. The molecule has 2 N–H and O–H groups in total. The molecule has 0 bridgehead atoms. The van der Waals surface area contributed by atoms with Crippen molar-refractivity contribution in [3.63, 3.8) is 0 Å². The van der Waals surface area contributed by atoms with Crippen molar-refractivity contribution in [2.75, 3.05) is 25.0 Å². The van der Waals surface area contributed by atoms with Gasteiger partial charge in [-0.15, -0.1) is 11.3 Å². The molecule has 156 valence electrons. The highest BCUT2D eigenvalue weighted by molar-refractivity contribution is 7.16. The summed E-state index contributed by atoms with van der Waals surface area (Å²) in [5.74, 6) is 0.385. The number of nitriles is 1. The molecule has 1 aliphatic rings. The minimum atomic E-state index is -0.322. The Labute approximate surface area is 180 Å². The van der Waals surface area contributed by atoms with Gasteiger partial charge in [0.1, 0.15) is 16.8 Å². The largest absolute Gasteiger partial charge is 0.493 e. The van der Waals surface area contributed by atoms with E-state index in [1.165, 1.54) is 17.4 Å². The molecule has 3 amide bonds. The molecule has 30 heavy (non-hydrogen) atoms. The average Bonchev–Trinajstić information content (AvgIpc) is 3.09. The lowest BCUT2D eigenvalue weighted by Gasteiger charge is -2.26. The number of para-hydroxylation sites is 1. The third-order valence-electron chi connectivity index (χ3n) is 4.65. The van der Waals surface area contributed by atoms with Gasteiger partial charge in [-0.25, -0.2) is 4.79 Å². The van der Waals surface area contributed by atoms with Crippen LogP contribution in [0.2, 0.25) is 0 Å². The van der Waals surface area contributed by atoms with Gasteiger partial charge in [-0.1, -0.05) is 18.2 Å². The monoisotopic (exact) mass is 424 g/mol. The number of benzene rings is 1. The Balaban J connectivity index is 1.74. The molecule has 0 fully saturated rings. The van der Waals surface area contributed by atoms with Crippen molar-refractivity contribution < 1.29 is 14.3 Å². The molecule has 1 aliphatic heterocycles. The van der Waals surface area contributed by atoms with E-state index < -0.39 is 0 Å². The van der Waals surface area contributed by atoms with Gasteiger partial charge in [-0.3, -0.25) is 4.79 Å². The van der Waals surface area contributed by atoms with Gasteiger partial charge in [0, 0.05) is 29.6 Å². The Bertz CT molecular complexity index is 1010. The minimum Gasteiger partial charge on any atom is -0.493 e. The van der Waals surface area contributed by atoms with Crippen LogP contribution in [0, 0.1) is 11.3 Å². The van der Waals surface area contributed by atoms with Gasteiger partial charge in [0.25, 0.3) is 0 Å². The molecule has 0 saturated heterocycles. The lowest BCUT2D eigenvalue weighted by atomic mass is 10.0. The summed E-state index contributed by atoms with van der Waals surface area (Å²) in [7, 11) is 0. The first-order chi connectivity index (χ1) is 14.6. The number of ether oxygens (including phenoxy) is 1. The smallest absolute Gasteiger partial charge is 0.317 e. The van der Waals surface area contributed by atoms with Crippen molar-refractivity contribution in [2.24, 2.45) is 0 Å². The second-order valence-electron chi connectivity index (χ2n) is 6.62. The summed E-state index contributed by atoms with van der Waals surface area (Å²) in [4.78, 5) is 27.2. The number of hydrogen-bond donors (Lipinski definition) is 2. The summed E-state index contributed by atoms with van der Waals surface area (Å²) in [5.41, 5.74) is 2.21. The Morgan fingerprint density at radius 2 is 2.13 bits per heavy atom. The van der Waals surface area contributed by atoms with E-state index in [-0.39, 0.29) is 11.9 Å². The van der Waals surface area contributed by atoms with Gasteiger partial charge in [0.15, 0.2) is 0 Å². The van der Waals surface area contributed by atoms with E-state index >= 15 is 0 Å². The molecule has 7 nitrogen and oxygen atoms in total. The zero-order valence-corrected chi connectivity index (χ0v) is 17.8. The van der Waals surface area contributed by atoms with Crippen LogP contribution in [0.4, 0.5) is 9.80 Å². The van der Waals surface area contributed by atoms with Gasteiger partial charge in [-0.2, -0.15) is 5.26 Å². The van der Waals surface area contributed by atoms with Crippen molar-refractivity contribution in [1.82, 2.24) is 10.2 Å². The van der Waals surface area contributed by atoms with E-state index in [9.17, 15) is 14.9 Å². The molecule has 0 atom stereocenters. The summed E-state index contributed by atoms with van der Waals surface area (Å²) >= 11 is 1.35. The van der Waals surface area contributed by atoms with E-state index in [4.69, 9.17) is 4.74 Å². The third-order valence-corrected chi connectivity index (χ3v) is 5.79. The Morgan fingerprint density at radius 1 is 1.33 bits per heavy atom. The third kappa shape index (κ3) is 4.81. The Morgan fingerprint density at radius 3 is 2.87 bits per heavy atom. The quantitative estimate of drug-likeness (QED) is 0.691. The van der Waals surface area contributed by atoms with Crippen LogP contribution in [0.5, 0.6) is 5.75 Å². The SMILES string of the molecule is CCNC(=O)N1CCc2c(sc(NC(=O)/C=C/c3ccccc3OCC)c2C#N)C1. The molecule has 0 saturated carbocycles. The van der Waals surface area contributed by atoms with Crippen LogP contribution in [0.25, 0.3) is 6.08 Å². The number of anilines is 1. The molecule has 1 aromatic carbocycles. The van der Waals surface area contributed by atoms with Gasteiger partial charge >= 0.3 is 6.03 Å². The molecule has 8 heteroatoms. The van der Waals surface area contributed by atoms with E-state index in [2.05, 4.69) is 16.7 Å². The number of carbonyl (C=O) groups is 2. The molecule has 2 heterocycles. The molecule has 0 unspecified atom stereocenters. The number of thiophene rings is 1. The lowest BCUT2D eigenvalue weighted by molar-refractivity contribution is -0.111. The maximum atomic E-state index is 12.5. The highest BCUT2D eigenvalue weighted by Crippen LogP contribution is 2.36. The number of nitrogens with zero attached hydrogens (tertiary/aromatic N) is 2. The number of nitrogens with one attached hydrogen (secondary N) is 2. The van der Waals surface area contributed by atoms with Crippen LogP contribution in [-0.4, -0.2) is 36.5 Å². The number of carbonyl (C=O) groups excluding carboxylic acids is 2. The van der Waals surface area contributed by atoms with Crippen molar-refractivity contribution in [3.8, 4) is 11.8 Å². The maximum absolute atomic E-state index is 12.5. The maximum Gasteiger partial charge on any atom is 0.317 e. The average molecular weight is 425 g/mol. The van der Waals surface area contributed by atoms with Crippen LogP contribution < -0.4 is 15.4 Å². The zero-order valence-electron chi connectivity index (χ0n) is 17.0. The van der Waals surface area contributed by atoms with E-state index in [1.54, 1.807) is 11.0 Å². The first kappa shape index (κ1) is 21.4. The predicted molar refractivity (Wildman–Crippen MR) is 117 cm³/mol. The van der Waals surface area contributed by atoms with Crippen LogP contribution in [0.3, 0.4) is 0 Å². The van der Waals surface area contributed by atoms with Crippen LogP contribution >= 0.6 is 11.3 Å². The fourth-order valence-corrected chi connectivity index (χ4v) is 4.49. The first-order valence-corrected chi connectivity index (χ1v) is 10.7. The molecular formula is C22H24N4O3S. The van der Waals surface area contributed by atoms with Crippen LogP contribution in [0.15, 0.2) is 30.3 Å². The Hall–Kier alpha value is -3.31. The van der Waals surface area contributed by atoms with Gasteiger partial charge in [0.05, 0.1) is 18.7 Å². The van der Waals surface area contributed by atoms with E-state index in [1.807, 2.05) is 38.1 Å². The van der Waals surface area contributed by atoms with Crippen molar-refractivity contribution in [2.45, 2.75) is 26.8 Å². The summed E-state index contributed by atoms with van der Waals surface area (Å²) in [6.45, 7) is 5.87. The summed E-state index contributed by atoms with van der Waals surface area (Å²) in [6, 6.07) is 9.57. The number of hydrogen-bond acceptors (Lipinski definition) is 5. The van der Waals surface area contributed by atoms with Gasteiger partial charge in [0.2, 0.25) is 5.91 Å². The topological polar surface area (TPSA) is 94.5 Å². The van der Waals surface area contributed by atoms with Crippen molar-refractivity contribution >= 4 is 34.4 Å². The second kappa shape index (κ2) is 9.94. The molecular weight excluding hydrogens is 400 g/mol. The van der Waals surface area contributed by atoms with Crippen LogP contribution in [0.1, 0.15) is 35.4 Å². The van der Waals surface area contributed by atoms with Crippen molar-refractivity contribution in [3.05, 3.63) is 51.9 Å². The normalized spacial score (nSPS) is 12.9. The molecule has 0 radical (unpaired) electrons. The second-order valence-corrected chi connectivity index (χ2v) is 7.73. The zero-order chi connectivity index (χ0) is 21.5. The highest BCUT2D eigenvalue weighted by Gasteiger charge is 2.27. The number of amides is 3. The summed E-state index contributed by atoms with van der Waals surface area (Å²) in [5, 5.41) is 15.8. The molecule has 3 rings (SSSR count). The first-order valence-electron chi connectivity index (χ1n) is 9.85. The Kier molecular flexibility index (Phi) is 7.09. The molecule has 2 aromatic rings. The fraction of sp³-hybridized carbons (Fsp3) is 0.318. The van der Waals surface area contributed by atoms with E-state index in [0.29, 0.717) is 49.0 Å². The van der Waals surface area contributed by atoms with E-state index in [0.717, 1.165) is 16.0 Å². The lowest BCUT2D eigenvalue weighted by Crippen LogP contribution is -2.42. The predicted octanol–water partition coefficient (Wildman–Crippen LogP) is 3.76. The van der Waals surface area contributed by atoms with Crippen LogP contribution in [-0.2, 0) is 17.8 Å². The minimum absolute atomic E-state index is 0.114. The van der Waals surface area contributed by atoms with Gasteiger partial charge in [-0.05, 0) is 38.0 Å². The number of urea groups is 1. The van der Waals surface area contributed by atoms with Crippen molar-refractivity contribution in [1.29, 1.82) is 5.26 Å². The van der Waals surface area contributed by atoms with Gasteiger partial charge < -0.3 is 20.3 Å². The molecule has 1 aromatic heterocycles. The number of rotatable bonds is 6. The summed E-state index contributed by atoms with van der Waals surface area (Å²) < 4.78 is 5.56. The summed E-state index contributed by atoms with van der Waals surface area (Å²) in [6.07, 6.45) is 3.72. The highest BCUT2D eigenvalue weighted by atomic mass is 32.1. The number of fused-ring (bicyclic) bond motifs is 1. The standard InChI is InChI=1S/C22H24N4O3S/c1-3-24-22(28)26-12-11-16-17(13-23)21(30-19(16)14-26)25-20(27)10-9-15-7-5-6-8-18(15)29-4-2/h5-10H,3-4,11-12,14H2,1-2H3,(H,24,28)(H,25,27)/b10-9+.